The van der Waals surface area contributed by atoms with Gasteiger partial charge in [0.1, 0.15) is 11.5 Å². The van der Waals surface area contributed by atoms with Crippen LogP contribution in [0.1, 0.15) is 43.4 Å². The molecule has 0 saturated carbocycles. The molecule has 0 amide bonds. The van der Waals surface area contributed by atoms with Crippen LogP contribution in [0.15, 0.2) is 36.8 Å². The van der Waals surface area contributed by atoms with Crippen LogP contribution in [0.4, 0.5) is 0 Å². The Morgan fingerprint density at radius 3 is 2.84 bits per heavy atom. The van der Waals surface area contributed by atoms with Gasteiger partial charge >= 0.3 is 0 Å². The topological polar surface area (TPSA) is 71.5 Å². The number of hydrogen-bond acceptors (Lipinski definition) is 3. The highest BCUT2D eigenvalue weighted by Crippen LogP contribution is 2.19. The third-order valence-electron chi connectivity index (χ3n) is 4.84. The molecule has 1 aliphatic heterocycles. The van der Waals surface area contributed by atoms with Crippen molar-refractivity contribution in [2.45, 2.75) is 51.7 Å². The number of pyridine rings is 1. The minimum Gasteiger partial charge on any atom is -0.365 e. The fourth-order valence-corrected chi connectivity index (χ4v) is 3.50. The molecular formula is C19H24N6. The number of rotatable bonds is 0. The second-order valence-electron chi connectivity index (χ2n) is 6.71. The molecule has 3 aromatic heterocycles. The zero-order valence-electron chi connectivity index (χ0n) is 14.4. The summed E-state index contributed by atoms with van der Waals surface area (Å²) < 4.78 is 4.20. The third-order valence-corrected chi connectivity index (χ3v) is 4.84. The first-order valence-electron chi connectivity index (χ1n) is 9.10. The van der Waals surface area contributed by atoms with Crippen molar-refractivity contribution in [3.05, 3.63) is 48.0 Å². The first kappa shape index (κ1) is 15.9. The summed E-state index contributed by atoms with van der Waals surface area (Å²) in [5, 5.41) is 17.3. The van der Waals surface area contributed by atoms with Crippen molar-refractivity contribution in [3.63, 3.8) is 0 Å². The van der Waals surface area contributed by atoms with E-state index in [1.165, 1.54) is 25.7 Å². The SMILES string of the molecule is N=C1NCc2cnn(c2)CCCCCCCn2c1cc1cccnc12. The van der Waals surface area contributed by atoms with Crippen molar-refractivity contribution in [2.75, 3.05) is 0 Å². The van der Waals surface area contributed by atoms with Gasteiger partial charge in [-0.2, -0.15) is 5.10 Å². The molecule has 0 aromatic carbocycles. The number of aromatic nitrogens is 4. The molecule has 0 atom stereocenters. The van der Waals surface area contributed by atoms with E-state index in [-0.39, 0.29) is 0 Å². The van der Waals surface area contributed by atoms with Gasteiger partial charge in [-0.1, -0.05) is 19.3 Å². The smallest absolute Gasteiger partial charge is 0.142 e. The summed E-state index contributed by atoms with van der Waals surface area (Å²) in [6, 6.07) is 6.09. The lowest BCUT2D eigenvalue weighted by Crippen LogP contribution is -2.25. The van der Waals surface area contributed by atoms with Crippen LogP contribution in [0.3, 0.4) is 0 Å². The standard InChI is InChI=1S/C19H24N6/c20-18-17-11-16-7-6-8-21-19(16)25(17)10-5-3-1-2-4-9-24-14-15(12-22-18)13-23-24/h6-8,11,13-14H,1-5,9-10,12H2,(H2,20,22). The maximum atomic E-state index is 8.51. The molecule has 6 heteroatoms. The number of nitrogens with zero attached hydrogens (tertiary/aromatic N) is 4. The van der Waals surface area contributed by atoms with E-state index >= 15 is 0 Å². The maximum absolute atomic E-state index is 8.51. The number of fused-ring (bicyclic) bond motifs is 5. The average Bonchev–Trinajstić information content (AvgIpc) is 3.23. The Morgan fingerprint density at radius 1 is 1.08 bits per heavy atom. The molecule has 0 radical (unpaired) electrons. The monoisotopic (exact) mass is 336 g/mol. The fourth-order valence-electron chi connectivity index (χ4n) is 3.50. The summed E-state index contributed by atoms with van der Waals surface area (Å²) in [6.45, 7) is 2.51. The maximum Gasteiger partial charge on any atom is 0.142 e. The summed E-state index contributed by atoms with van der Waals surface area (Å²) in [5.74, 6) is 0.445. The van der Waals surface area contributed by atoms with Gasteiger partial charge in [-0.05, 0) is 31.0 Å². The largest absolute Gasteiger partial charge is 0.365 e. The van der Waals surface area contributed by atoms with Crippen molar-refractivity contribution in [1.29, 1.82) is 5.41 Å². The first-order valence-corrected chi connectivity index (χ1v) is 9.10. The summed E-state index contributed by atoms with van der Waals surface area (Å²) in [5.41, 5.74) is 3.00. The van der Waals surface area contributed by atoms with E-state index in [2.05, 4.69) is 38.3 Å². The quantitative estimate of drug-likeness (QED) is 0.661. The Hall–Kier alpha value is -2.63. The van der Waals surface area contributed by atoms with Gasteiger partial charge in [-0.3, -0.25) is 10.1 Å². The molecule has 4 rings (SSSR count). The third kappa shape index (κ3) is 3.43. The lowest BCUT2D eigenvalue weighted by molar-refractivity contribution is 0.516. The Labute approximate surface area is 147 Å². The normalized spacial score (nSPS) is 16.7. The second-order valence-corrected chi connectivity index (χ2v) is 6.71. The van der Waals surface area contributed by atoms with E-state index < -0.39 is 0 Å². The number of hydrogen-bond donors (Lipinski definition) is 2. The Balaban J connectivity index is 1.64. The zero-order valence-corrected chi connectivity index (χ0v) is 14.4. The first-order chi connectivity index (χ1) is 12.3. The van der Waals surface area contributed by atoms with Crippen LogP contribution in [0.25, 0.3) is 11.0 Å². The summed E-state index contributed by atoms with van der Waals surface area (Å²) in [7, 11) is 0. The molecule has 25 heavy (non-hydrogen) atoms. The molecule has 6 nitrogen and oxygen atoms in total. The van der Waals surface area contributed by atoms with E-state index in [9.17, 15) is 0 Å². The molecule has 4 heterocycles. The van der Waals surface area contributed by atoms with E-state index in [4.69, 9.17) is 5.41 Å². The van der Waals surface area contributed by atoms with Crippen LogP contribution in [0, 0.1) is 5.41 Å². The predicted octanol–water partition coefficient (Wildman–Crippen LogP) is 3.31. The van der Waals surface area contributed by atoms with Crippen molar-refractivity contribution < 1.29 is 0 Å². The Morgan fingerprint density at radius 2 is 1.92 bits per heavy atom. The number of aryl methyl sites for hydroxylation is 2. The highest BCUT2D eigenvalue weighted by Gasteiger charge is 2.14. The predicted molar refractivity (Wildman–Crippen MR) is 98.7 cm³/mol. The summed E-state index contributed by atoms with van der Waals surface area (Å²) >= 11 is 0. The molecule has 2 bridgehead atoms. The molecule has 130 valence electrons. The molecule has 1 aliphatic rings. The molecule has 0 spiro atoms. The van der Waals surface area contributed by atoms with Gasteiger partial charge in [-0.25, -0.2) is 4.98 Å². The molecule has 0 saturated heterocycles. The second kappa shape index (κ2) is 7.09. The van der Waals surface area contributed by atoms with Gasteiger partial charge in [0.2, 0.25) is 0 Å². The van der Waals surface area contributed by atoms with Crippen molar-refractivity contribution in [1.82, 2.24) is 24.6 Å². The lowest BCUT2D eigenvalue weighted by Gasteiger charge is -2.12. The molecule has 0 aliphatic carbocycles. The van der Waals surface area contributed by atoms with Gasteiger partial charge in [-0.15, -0.1) is 0 Å². The summed E-state index contributed by atoms with van der Waals surface area (Å²) in [6.07, 6.45) is 11.8. The van der Waals surface area contributed by atoms with E-state index in [0.717, 1.165) is 41.8 Å². The number of nitrogens with one attached hydrogen (secondary N) is 2. The minimum atomic E-state index is 0.445. The Bertz CT molecular complexity index is 875. The molecule has 0 fully saturated rings. The van der Waals surface area contributed by atoms with Gasteiger partial charge in [0.15, 0.2) is 0 Å². The highest BCUT2D eigenvalue weighted by atomic mass is 15.3. The molecule has 3 aromatic rings. The van der Waals surface area contributed by atoms with Crippen LogP contribution in [-0.2, 0) is 19.6 Å². The van der Waals surface area contributed by atoms with Crippen molar-refractivity contribution >= 4 is 16.9 Å². The van der Waals surface area contributed by atoms with Crippen LogP contribution < -0.4 is 5.32 Å². The lowest BCUT2D eigenvalue weighted by atomic mass is 10.1. The highest BCUT2D eigenvalue weighted by molar-refractivity contribution is 5.99. The van der Waals surface area contributed by atoms with Crippen LogP contribution in [0.2, 0.25) is 0 Å². The van der Waals surface area contributed by atoms with Crippen LogP contribution in [-0.4, -0.2) is 25.2 Å². The van der Waals surface area contributed by atoms with Crippen molar-refractivity contribution in [3.8, 4) is 0 Å². The van der Waals surface area contributed by atoms with Gasteiger partial charge in [0, 0.05) is 43.0 Å². The van der Waals surface area contributed by atoms with Gasteiger partial charge < -0.3 is 9.88 Å². The Kier molecular flexibility index (Phi) is 4.50. The summed E-state index contributed by atoms with van der Waals surface area (Å²) in [4.78, 5) is 4.54. The van der Waals surface area contributed by atoms with E-state index in [1.807, 2.05) is 23.1 Å². The van der Waals surface area contributed by atoms with Crippen molar-refractivity contribution in [2.24, 2.45) is 0 Å². The van der Waals surface area contributed by atoms with Gasteiger partial charge in [0.25, 0.3) is 0 Å². The molecule has 0 unspecified atom stereocenters. The fraction of sp³-hybridized carbons (Fsp3) is 0.421. The van der Waals surface area contributed by atoms with Gasteiger partial charge in [0.05, 0.1) is 11.9 Å². The molecule has 2 N–H and O–H groups in total. The van der Waals surface area contributed by atoms with E-state index in [0.29, 0.717) is 12.4 Å². The van der Waals surface area contributed by atoms with E-state index in [1.54, 1.807) is 0 Å². The number of amidine groups is 1. The van der Waals surface area contributed by atoms with Crippen LogP contribution in [0.5, 0.6) is 0 Å². The molecular weight excluding hydrogens is 312 g/mol. The zero-order chi connectivity index (χ0) is 17.1. The minimum absolute atomic E-state index is 0.445. The van der Waals surface area contributed by atoms with Crippen LogP contribution >= 0.6 is 0 Å². The average molecular weight is 336 g/mol.